The number of benzene rings is 1. The molecule has 0 bridgehead atoms. The number of hydrogen-bond acceptors (Lipinski definition) is 6. The molecule has 2 unspecified atom stereocenters. The van der Waals surface area contributed by atoms with Crippen LogP contribution in [-0.2, 0) is 14.6 Å². The lowest BCUT2D eigenvalue weighted by Crippen LogP contribution is -2.32. The van der Waals surface area contributed by atoms with Gasteiger partial charge in [-0.25, -0.2) is 18.1 Å². The molecule has 1 aromatic carbocycles. The van der Waals surface area contributed by atoms with E-state index in [1.807, 2.05) is 37.3 Å². The van der Waals surface area contributed by atoms with E-state index in [0.717, 1.165) is 25.0 Å². The van der Waals surface area contributed by atoms with Gasteiger partial charge in [0, 0.05) is 18.7 Å². The standard InChI is InChI=1S/C23H26N4O4S/c1-15-21-19(23(28)24-13-18-8-5-10-31-18)12-20(16-6-3-2-4-7-16)25-22(21)27(26-15)17-9-11-32(29,30)14-17/h2-4,6-7,12,17-18H,5,8-11,13-14H2,1H3,(H,24,28). The Hall–Kier alpha value is -2.78. The van der Waals surface area contributed by atoms with E-state index >= 15 is 0 Å². The van der Waals surface area contributed by atoms with Crippen LogP contribution in [0, 0.1) is 6.92 Å². The van der Waals surface area contributed by atoms with Crippen molar-refractivity contribution in [2.45, 2.75) is 38.3 Å². The number of carbonyl (C=O) groups is 1. The first-order chi connectivity index (χ1) is 15.4. The first-order valence-electron chi connectivity index (χ1n) is 11.0. The Morgan fingerprint density at radius 2 is 2.06 bits per heavy atom. The van der Waals surface area contributed by atoms with Gasteiger partial charge in [0.1, 0.15) is 0 Å². The topological polar surface area (TPSA) is 103 Å². The monoisotopic (exact) mass is 454 g/mol. The normalized spacial score (nSPS) is 22.4. The van der Waals surface area contributed by atoms with E-state index < -0.39 is 9.84 Å². The number of ether oxygens (including phenoxy) is 1. The Kier molecular flexibility index (Phi) is 5.46. The summed E-state index contributed by atoms with van der Waals surface area (Å²) in [5, 5.41) is 8.31. The third-order valence-electron chi connectivity index (χ3n) is 6.22. The highest BCUT2D eigenvalue weighted by Gasteiger charge is 2.32. The summed E-state index contributed by atoms with van der Waals surface area (Å²) in [4.78, 5) is 18.1. The Balaban J connectivity index is 1.60. The van der Waals surface area contributed by atoms with E-state index in [-0.39, 0.29) is 29.6 Å². The molecule has 32 heavy (non-hydrogen) atoms. The van der Waals surface area contributed by atoms with Gasteiger partial charge in [-0.3, -0.25) is 4.79 Å². The Labute approximate surface area is 186 Å². The van der Waals surface area contributed by atoms with Crippen LogP contribution in [-0.4, -0.2) is 59.9 Å². The maximum absolute atomic E-state index is 13.3. The molecule has 4 heterocycles. The second-order valence-corrected chi connectivity index (χ2v) is 10.8. The minimum absolute atomic E-state index is 0.0392. The SMILES string of the molecule is Cc1nn(C2CCS(=O)(=O)C2)c2nc(-c3ccccc3)cc(C(=O)NCC3CCCO3)c12. The highest BCUT2D eigenvalue weighted by atomic mass is 32.2. The minimum atomic E-state index is -3.09. The van der Waals surface area contributed by atoms with E-state index in [0.29, 0.717) is 41.0 Å². The first-order valence-corrected chi connectivity index (χ1v) is 12.8. The number of aryl methyl sites for hydroxylation is 1. The molecule has 0 saturated carbocycles. The average molecular weight is 455 g/mol. The van der Waals surface area contributed by atoms with Crippen LogP contribution in [0.3, 0.4) is 0 Å². The molecule has 8 nitrogen and oxygen atoms in total. The fourth-order valence-corrected chi connectivity index (χ4v) is 6.27. The molecule has 1 N–H and O–H groups in total. The zero-order chi connectivity index (χ0) is 22.3. The van der Waals surface area contributed by atoms with Crippen LogP contribution in [0.5, 0.6) is 0 Å². The van der Waals surface area contributed by atoms with Crippen LogP contribution in [0.15, 0.2) is 36.4 Å². The summed E-state index contributed by atoms with van der Waals surface area (Å²) < 4.78 is 31.5. The quantitative estimate of drug-likeness (QED) is 0.636. The summed E-state index contributed by atoms with van der Waals surface area (Å²) in [6.45, 7) is 3.02. The summed E-state index contributed by atoms with van der Waals surface area (Å²) >= 11 is 0. The number of rotatable bonds is 5. The molecule has 2 aliphatic rings. The third-order valence-corrected chi connectivity index (χ3v) is 7.97. The van der Waals surface area contributed by atoms with Gasteiger partial charge < -0.3 is 10.1 Å². The smallest absolute Gasteiger partial charge is 0.252 e. The Morgan fingerprint density at radius 3 is 2.75 bits per heavy atom. The molecule has 1 amide bonds. The summed E-state index contributed by atoms with van der Waals surface area (Å²) in [6, 6.07) is 11.2. The highest BCUT2D eigenvalue weighted by Crippen LogP contribution is 2.32. The number of sulfone groups is 1. The minimum Gasteiger partial charge on any atom is -0.376 e. The molecule has 3 aromatic rings. The third kappa shape index (κ3) is 4.02. The van der Waals surface area contributed by atoms with Gasteiger partial charge in [0.25, 0.3) is 5.91 Å². The van der Waals surface area contributed by atoms with Crippen molar-refractivity contribution < 1.29 is 17.9 Å². The van der Waals surface area contributed by atoms with Crippen LogP contribution in [0.2, 0.25) is 0 Å². The van der Waals surface area contributed by atoms with E-state index in [1.54, 1.807) is 10.7 Å². The molecule has 0 spiro atoms. The van der Waals surface area contributed by atoms with Gasteiger partial charge in [0.05, 0.1) is 46.0 Å². The van der Waals surface area contributed by atoms with E-state index in [2.05, 4.69) is 10.4 Å². The Morgan fingerprint density at radius 1 is 1.25 bits per heavy atom. The van der Waals surface area contributed by atoms with Crippen molar-refractivity contribution >= 4 is 26.8 Å². The van der Waals surface area contributed by atoms with Crippen molar-refractivity contribution in [2.24, 2.45) is 0 Å². The van der Waals surface area contributed by atoms with Crippen molar-refractivity contribution in [3.63, 3.8) is 0 Å². The molecular formula is C23H26N4O4S. The molecule has 2 saturated heterocycles. The predicted molar refractivity (Wildman–Crippen MR) is 121 cm³/mol. The molecule has 9 heteroatoms. The Bertz CT molecular complexity index is 1260. The van der Waals surface area contributed by atoms with Gasteiger partial charge in [-0.05, 0) is 32.3 Å². The number of nitrogens with one attached hydrogen (secondary N) is 1. The maximum atomic E-state index is 13.3. The van der Waals surface area contributed by atoms with E-state index in [9.17, 15) is 13.2 Å². The van der Waals surface area contributed by atoms with Crippen LogP contribution < -0.4 is 5.32 Å². The zero-order valence-electron chi connectivity index (χ0n) is 18.0. The van der Waals surface area contributed by atoms with Crippen LogP contribution in [0.25, 0.3) is 22.3 Å². The largest absolute Gasteiger partial charge is 0.376 e. The summed E-state index contributed by atoms with van der Waals surface area (Å²) in [5.41, 5.74) is 3.25. The average Bonchev–Trinajstić information content (AvgIpc) is 3.51. The van der Waals surface area contributed by atoms with Crippen molar-refractivity contribution in [3.8, 4) is 11.3 Å². The van der Waals surface area contributed by atoms with E-state index in [4.69, 9.17) is 9.72 Å². The number of amides is 1. The summed E-state index contributed by atoms with van der Waals surface area (Å²) in [6.07, 6.45) is 2.48. The van der Waals surface area contributed by atoms with Gasteiger partial charge in [-0.2, -0.15) is 5.10 Å². The second kappa shape index (κ2) is 8.29. The number of hydrogen-bond donors (Lipinski definition) is 1. The van der Waals surface area contributed by atoms with Gasteiger partial charge in [-0.15, -0.1) is 0 Å². The van der Waals surface area contributed by atoms with Crippen molar-refractivity contribution in [2.75, 3.05) is 24.7 Å². The van der Waals surface area contributed by atoms with Gasteiger partial charge in [-0.1, -0.05) is 30.3 Å². The molecule has 5 rings (SSSR count). The lowest BCUT2D eigenvalue weighted by molar-refractivity contribution is 0.0859. The van der Waals surface area contributed by atoms with Gasteiger partial charge >= 0.3 is 0 Å². The fourth-order valence-electron chi connectivity index (χ4n) is 4.58. The lowest BCUT2D eigenvalue weighted by Gasteiger charge is -2.14. The number of nitrogens with zero attached hydrogens (tertiary/aromatic N) is 3. The van der Waals surface area contributed by atoms with Crippen LogP contribution >= 0.6 is 0 Å². The molecule has 0 aliphatic carbocycles. The molecule has 2 fully saturated rings. The molecule has 0 radical (unpaired) electrons. The number of fused-ring (bicyclic) bond motifs is 1. The first kappa shape index (κ1) is 21.1. The molecule has 2 aliphatic heterocycles. The van der Waals surface area contributed by atoms with Crippen molar-refractivity contribution in [1.82, 2.24) is 20.1 Å². The number of pyridine rings is 1. The van der Waals surface area contributed by atoms with Crippen LogP contribution in [0.4, 0.5) is 0 Å². The summed E-state index contributed by atoms with van der Waals surface area (Å²) in [5.74, 6) is -0.0154. The van der Waals surface area contributed by atoms with Gasteiger partial charge in [0.2, 0.25) is 0 Å². The van der Waals surface area contributed by atoms with Gasteiger partial charge in [0.15, 0.2) is 15.5 Å². The molecule has 2 aromatic heterocycles. The summed E-state index contributed by atoms with van der Waals surface area (Å²) in [7, 11) is -3.09. The number of carbonyl (C=O) groups excluding carboxylic acids is 1. The zero-order valence-corrected chi connectivity index (χ0v) is 18.8. The van der Waals surface area contributed by atoms with Crippen molar-refractivity contribution in [1.29, 1.82) is 0 Å². The maximum Gasteiger partial charge on any atom is 0.252 e. The van der Waals surface area contributed by atoms with E-state index in [1.165, 1.54) is 0 Å². The molecule has 2 atom stereocenters. The molecule has 168 valence electrons. The van der Waals surface area contributed by atoms with Crippen molar-refractivity contribution in [3.05, 3.63) is 47.7 Å². The fraction of sp³-hybridized carbons (Fsp3) is 0.435. The number of aromatic nitrogens is 3. The second-order valence-electron chi connectivity index (χ2n) is 8.55. The lowest BCUT2D eigenvalue weighted by atomic mass is 10.0. The molecular weight excluding hydrogens is 428 g/mol. The highest BCUT2D eigenvalue weighted by molar-refractivity contribution is 7.91. The van der Waals surface area contributed by atoms with Crippen LogP contribution in [0.1, 0.15) is 41.4 Å². The predicted octanol–water partition coefficient (Wildman–Crippen LogP) is 2.68.